The van der Waals surface area contributed by atoms with E-state index in [1.54, 1.807) is 6.07 Å². The lowest BCUT2D eigenvalue weighted by atomic mass is 9.94. The molecule has 0 radical (unpaired) electrons. The molecule has 2 heterocycles. The molecule has 0 amide bonds. The predicted octanol–water partition coefficient (Wildman–Crippen LogP) is 5.81. The second-order valence-electron chi connectivity index (χ2n) is 6.51. The highest BCUT2D eigenvalue weighted by atomic mass is 35.5. The lowest BCUT2D eigenvalue weighted by Gasteiger charge is -2.34. The summed E-state index contributed by atoms with van der Waals surface area (Å²) in [5.74, 6) is 0. The van der Waals surface area contributed by atoms with Crippen LogP contribution < -0.4 is 0 Å². The minimum atomic E-state index is 0.529. The van der Waals surface area contributed by atoms with E-state index in [9.17, 15) is 0 Å². The molecule has 0 aliphatic carbocycles. The van der Waals surface area contributed by atoms with E-state index in [0.29, 0.717) is 22.1 Å². The molecule has 1 saturated heterocycles. The number of fused-ring (bicyclic) bond motifs is 2. The quantitative estimate of drug-likeness (QED) is 0.679. The first-order valence-corrected chi connectivity index (χ1v) is 8.91. The van der Waals surface area contributed by atoms with E-state index >= 15 is 0 Å². The molecule has 2 aliphatic rings. The third-order valence-corrected chi connectivity index (χ3v) is 5.42. The third-order valence-electron chi connectivity index (χ3n) is 4.98. The summed E-state index contributed by atoms with van der Waals surface area (Å²) in [4.78, 5) is 2.64. The van der Waals surface area contributed by atoms with Gasteiger partial charge in [-0.25, -0.2) is 0 Å². The maximum Gasteiger partial charge on any atom is 0.0426 e. The van der Waals surface area contributed by atoms with E-state index in [2.05, 4.69) is 41.3 Å². The Morgan fingerprint density at radius 3 is 2.39 bits per heavy atom. The molecule has 2 unspecified atom stereocenters. The van der Waals surface area contributed by atoms with Crippen LogP contribution in [0.5, 0.6) is 0 Å². The summed E-state index contributed by atoms with van der Waals surface area (Å²) in [6.07, 6.45) is 6.02. The standard InChI is InChI=1S/C20H19Cl2N/c21-17-8-15(9-18(22)12-17)16-10-19-6-7-20(11-16)23(19)13-14-4-2-1-3-5-14/h1-5,8-10,12,19-20H,6-7,11,13H2. The van der Waals surface area contributed by atoms with Gasteiger partial charge in [0.1, 0.15) is 0 Å². The zero-order valence-corrected chi connectivity index (χ0v) is 14.4. The van der Waals surface area contributed by atoms with Gasteiger partial charge < -0.3 is 0 Å². The lowest BCUT2D eigenvalue weighted by Crippen LogP contribution is -2.37. The first-order chi connectivity index (χ1) is 11.2. The predicted molar refractivity (Wildman–Crippen MR) is 97.9 cm³/mol. The molecule has 0 aromatic heterocycles. The van der Waals surface area contributed by atoms with Crippen LogP contribution in [0.15, 0.2) is 54.6 Å². The molecule has 23 heavy (non-hydrogen) atoms. The van der Waals surface area contributed by atoms with Gasteiger partial charge in [0.05, 0.1) is 0 Å². The Morgan fingerprint density at radius 1 is 0.957 bits per heavy atom. The van der Waals surface area contributed by atoms with Crippen LogP contribution in [0, 0.1) is 0 Å². The Hall–Kier alpha value is -1.28. The van der Waals surface area contributed by atoms with Gasteiger partial charge in [-0.1, -0.05) is 59.6 Å². The van der Waals surface area contributed by atoms with E-state index in [0.717, 1.165) is 13.0 Å². The first-order valence-electron chi connectivity index (χ1n) is 8.16. The highest BCUT2D eigenvalue weighted by Gasteiger charge is 2.36. The van der Waals surface area contributed by atoms with Crippen LogP contribution in [0.25, 0.3) is 5.57 Å². The van der Waals surface area contributed by atoms with Crippen LogP contribution >= 0.6 is 23.2 Å². The summed E-state index contributed by atoms with van der Waals surface area (Å²) < 4.78 is 0. The van der Waals surface area contributed by atoms with E-state index in [1.165, 1.54) is 29.5 Å². The molecule has 118 valence electrons. The highest BCUT2D eigenvalue weighted by Crippen LogP contribution is 2.40. The fraction of sp³-hybridized carbons (Fsp3) is 0.300. The molecule has 0 saturated carbocycles. The molecule has 4 rings (SSSR count). The molecule has 2 aromatic carbocycles. The third kappa shape index (κ3) is 3.19. The molecule has 2 atom stereocenters. The van der Waals surface area contributed by atoms with Gasteiger partial charge in [0.15, 0.2) is 0 Å². The SMILES string of the molecule is Clc1cc(Cl)cc(C2=CC3CCC(C2)N3Cc2ccccc2)c1. The molecule has 2 aromatic rings. The molecular weight excluding hydrogens is 325 g/mol. The van der Waals surface area contributed by atoms with Crippen molar-refractivity contribution in [2.45, 2.75) is 37.9 Å². The Morgan fingerprint density at radius 2 is 1.70 bits per heavy atom. The van der Waals surface area contributed by atoms with Crippen LogP contribution in [0.4, 0.5) is 0 Å². The van der Waals surface area contributed by atoms with Gasteiger partial charge >= 0.3 is 0 Å². The number of benzene rings is 2. The zero-order chi connectivity index (χ0) is 15.8. The van der Waals surface area contributed by atoms with Crippen molar-refractivity contribution >= 4 is 28.8 Å². The highest BCUT2D eigenvalue weighted by molar-refractivity contribution is 6.34. The molecule has 0 spiro atoms. The van der Waals surface area contributed by atoms with Gasteiger partial charge in [0, 0.05) is 28.7 Å². The molecule has 1 nitrogen and oxygen atoms in total. The smallest absolute Gasteiger partial charge is 0.0426 e. The van der Waals surface area contributed by atoms with E-state index in [1.807, 2.05) is 12.1 Å². The maximum absolute atomic E-state index is 6.17. The normalized spacial score (nSPS) is 23.8. The van der Waals surface area contributed by atoms with E-state index in [-0.39, 0.29) is 0 Å². The fourth-order valence-electron chi connectivity index (χ4n) is 3.91. The van der Waals surface area contributed by atoms with Crippen molar-refractivity contribution in [1.82, 2.24) is 4.90 Å². The average Bonchev–Trinajstić information content (AvgIpc) is 2.77. The Kier molecular flexibility index (Phi) is 4.19. The molecule has 2 aliphatic heterocycles. The summed E-state index contributed by atoms with van der Waals surface area (Å²) in [6.45, 7) is 1.04. The van der Waals surface area contributed by atoms with Crippen molar-refractivity contribution in [3.05, 3.63) is 75.8 Å². The monoisotopic (exact) mass is 343 g/mol. The van der Waals surface area contributed by atoms with Crippen molar-refractivity contribution < 1.29 is 0 Å². The number of hydrogen-bond acceptors (Lipinski definition) is 1. The maximum atomic E-state index is 6.17. The number of hydrogen-bond donors (Lipinski definition) is 0. The second-order valence-corrected chi connectivity index (χ2v) is 7.38. The summed E-state index contributed by atoms with van der Waals surface area (Å²) in [5, 5.41) is 1.43. The Labute approximate surface area is 147 Å². The molecular formula is C20H19Cl2N. The average molecular weight is 344 g/mol. The van der Waals surface area contributed by atoms with Crippen LogP contribution in [0.2, 0.25) is 10.0 Å². The minimum Gasteiger partial charge on any atom is -0.289 e. The van der Waals surface area contributed by atoms with Crippen LogP contribution in [-0.2, 0) is 6.54 Å². The second kappa shape index (κ2) is 6.32. The molecule has 1 fully saturated rings. The first kappa shape index (κ1) is 15.3. The van der Waals surface area contributed by atoms with Crippen molar-refractivity contribution in [3.8, 4) is 0 Å². The van der Waals surface area contributed by atoms with Crippen molar-refractivity contribution in [2.24, 2.45) is 0 Å². The van der Waals surface area contributed by atoms with Crippen LogP contribution in [0.3, 0.4) is 0 Å². The van der Waals surface area contributed by atoms with Crippen molar-refractivity contribution in [2.75, 3.05) is 0 Å². The summed E-state index contributed by atoms with van der Waals surface area (Å²) >= 11 is 12.3. The minimum absolute atomic E-state index is 0.529. The zero-order valence-electron chi connectivity index (χ0n) is 12.9. The Balaban J connectivity index is 1.59. The summed E-state index contributed by atoms with van der Waals surface area (Å²) in [6, 6.07) is 17.8. The van der Waals surface area contributed by atoms with E-state index in [4.69, 9.17) is 23.2 Å². The largest absolute Gasteiger partial charge is 0.289 e. The van der Waals surface area contributed by atoms with Crippen LogP contribution in [-0.4, -0.2) is 17.0 Å². The lowest BCUT2D eigenvalue weighted by molar-refractivity contribution is 0.203. The number of nitrogens with zero attached hydrogens (tertiary/aromatic N) is 1. The van der Waals surface area contributed by atoms with Gasteiger partial charge in [0.25, 0.3) is 0 Å². The van der Waals surface area contributed by atoms with Gasteiger partial charge in [-0.2, -0.15) is 0 Å². The fourth-order valence-corrected chi connectivity index (χ4v) is 4.44. The summed E-state index contributed by atoms with van der Waals surface area (Å²) in [7, 11) is 0. The molecule has 3 heteroatoms. The van der Waals surface area contributed by atoms with Gasteiger partial charge in [-0.3, -0.25) is 4.90 Å². The molecule has 0 N–H and O–H groups in total. The van der Waals surface area contributed by atoms with Crippen LogP contribution in [0.1, 0.15) is 30.4 Å². The van der Waals surface area contributed by atoms with Gasteiger partial charge in [0.2, 0.25) is 0 Å². The van der Waals surface area contributed by atoms with Gasteiger partial charge in [-0.15, -0.1) is 0 Å². The summed E-state index contributed by atoms with van der Waals surface area (Å²) in [5.41, 5.74) is 3.97. The number of halogens is 2. The van der Waals surface area contributed by atoms with Crippen molar-refractivity contribution in [3.63, 3.8) is 0 Å². The Bertz CT molecular complexity index is 718. The van der Waals surface area contributed by atoms with Crippen molar-refractivity contribution in [1.29, 1.82) is 0 Å². The topological polar surface area (TPSA) is 3.24 Å². The molecule has 2 bridgehead atoms. The number of rotatable bonds is 3. The van der Waals surface area contributed by atoms with E-state index < -0.39 is 0 Å². The van der Waals surface area contributed by atoms with Gasteiger partial charge in [-0.05, 0) is 54.2 Å².